The molecular weight excluding hydrogens is 279 g/mol. The first-order valence-electron chi connectivity index (χ1n) is 6.84. The number of ether oxygens (including phenoxy) is 4. The smallest absolute Gasteiger partial charge is 0.218 e. The van der Waals surface area contributed by atoms with E-state index in [9.17, 15) is 4.39 Å². The Hall–Kier alpha value is -1.28. The van der Waals surface area contributed by atoms with E-state index in [1.54, 1.807) is 14.2 Å². The van der Waals surface area contributed by atoms with Gasteiger partial charge >= 0.3 is 0 Å². The molecule has 0 fully saturated rings. The number of nitrogens with one attached hydrogen (secondary N) is 1. The van der Waals surface area contributed by atoms with Crippen molar-refractivity contribution in [3.05, 3.63) is 23.6 Å². The Morgan fingerprint density at radius 1 is 1.10 bits per heavy atom. The zero-order valence-corrected chi connectivity index (χ0v) is 12.6. The SMILES string of the molecule is CNCc1cc(F)cnc1OCCOCCOCCOC. The van der Waals surface area contributed by atoms with Crippen molar-refractivity contribution in [2.45, 2.75) is 6.54 Å². The Labute approximate surface area is 124 Å². The molecule has 6 nitrogen and oxygen atoms in total. The Kier molecular flexibility index (Phi) is 9.64. The van der Waals surface area contributed by atoms with Crippen LogP contribution in [0.15, 0.2) is 12.3 Å². The van der Waals surface area contributed by atoms with Gasteiger partial charge in [-0.05, 0) is 13.1 Å². The fraction of sp³-hybridized carbons (Fsp3) is 0.643. The molecule has 120 valence electrons. The summed E-state index contributed by atoms with van der Waals surface area (Å²) in [5.41, 5.74) is 0.681. The van der Waals surface area contributed by atoms with E-state index in [0.717, 1.165) is 6.20 Å². The summed E-state index contributed by atoms with van der Waals surface area (Å²) in [6.07, 6.45) is 1.14. The second-order valence-corrected chi connectivity index (χ2v) is 4.21. The van der Waals surface area contributed by atoms with E-state index < -0.39 is 0 Å². The van der Waals surface area contributed by atoms with Gasteiger partial charge in [0.1, 0.15) is 12.4 Å². The van der Waals surface area contributed by atoms with Gasteiger partial charge in [0.15, 0.2) is 0 Å². The van der Waals surface area contributed by atoms with Crippen LogP contribution in [0, 0.1) is 5.82 Å². The van der Waals surface area contributed by atoms with Crippen LogP contribution in [0.25, 0.3) is 0 Å². The van der Waals surface area contributed by atoms with Gasteiger partial charge in [-0.25, -0.2) is 9.37 Å². The number of pyridine rings is 1. The van der Waals surface area contributed by atoms with Crippen molar-refractivity contribution < 1.29 is 23.3 Å². The van der Waals surface area contributed by atoms with Gasteiger partial charge in [0.2, 0.25) is 5.88 Å². The third kappa shape index (κ3) is 7.91. The van der Waals surface area contributed by atoms with Crippen LogP contribution in [0.5, 0.6) is 5.88 Å². The summed E-state index contributed by atoms with van der Waals surface area (Å²) in [5.74, 6) is 0.0442. The van der Waals surface area contributed by atoms with Crippen molar-refractivity contribution in [3.8, 4) is 5.88 Å². The summed E-state index contributed by atoms with van der Waals surface area (Å²) in [6, 6.07) is 1.41. The van der Waals surface area contributed by atoms with Crippen molar-refractivity contribution in [3.63, 3.8) is 0 Å². The third-order valence-corrected chi connectivity index (χ3v) is 2.53. The molecule has 0 radical (unpaired) electrons. The molecule has 0 amide bonds. The monoisotopic (exact) mass is 302 g/mol. The number of aromatic nitrogens is 1. The quantitative estimate of drug-likeness (QED) is 0.581. The van der Waals surface area contributed by atoms with Gasteiger partial charge in [-0.1, -0.05) is 0 Å². The largest absolute Gasteiger partial charge is 0.475 e. The Balaban J connectivity index is 2.15. The fourth-order valence-electron chi connectivity index (χ4n) is 1.58. The zero-order chi connectivity index (χ0) is 15.3. The van der Waals surface area contributed by atoms with Crippen molar-refractivity contribution >= 4 is 0 Å². The van der Waals surface area contributed by atoms with E-state index in [0.29, 0.717) is 57.6 Å². The summed E-state index contributed by atoms with van der Waals surface area (Å²) in [7, 11) is 3.41. The van der Waals surface area contributed by atoms with Crippen molar-refractivity contribution in [2.24, 2.45) is 0 Å². The van der Waals surface area contributed by atoms with Crippen LogP contribution in [0.4, 0.5) is 4.39 Å². The van der Waals surface area contributed by atoms with Crippen molar-refractivity contribution in [2.75, 3.05) is 53.8 Å². The Morgan fingerprint density at radius 3 is 2.43 bits per heavy atom. The molecule has 0 aliphatic carbocycles. The second kappa shape index (κ2) is 11.4. The van der Waals surface area contributed by atoms with Gasteiger partial charge in [0.25, 0.3) is 0 Å². The van der Waals surface area contributed by atoms with E-state index in [1.165, 1.54) is 6.07 Å². The van der Waals surface area contributed by atoms with Crippen LogP contribution in [0.2, 0.25) is 0 Å². The molecule has 0 saturated heterocycles. The number of methoxy groups -OCH3 is 1. The molecule has 0 aliphatic rings. The van der Waals surface area contributed by atoms with Crippen LogP contribution in [-0.2, 0) is 20.8 Å². The molecule has 1 aromatic rings. The lowest BCUT2D eigenvalue weighted by molar-refractivity contribution is 0.0176. The van der Waals surface area contributed by atoms with Gasteiger partial charge in [0.05, 0.1) is 39.2 Å². The van der Waals surface area contributed by atoms with Gasteiger partial charge in [-0.3, -0.25) is 0 Å². The number of nitrogens with zero attached hydrogens (tertiary/aromatic N) is 1. The minimum Gasteiger partial charge on any atom is -0.475 e. The van der Waals surface area contributed by atoms with E-state index in [4.69, 9.17) is 18.9 Å². The molecular formula is C14H23FN2O4. The third-order valence-electron chi connectivity index (χ3n) is 2.53. The molecule has 0 unspecified atom stereocenters. The maximum atomic E-state index is 13.1. The van der Waals surface area contributed by atoms with E-state index in [-0.39, 0.29) is 5.82 Å². The van der Waals surface area contributed by atoms with E-state index in [1.807, 2.05) is 0 Å². The van der Waals surface area contributed by atoms with Crippen LogP contribution >= 0.6 is 0 Å². The van der Waals surface area contributed by atoms with Gasteiger partial charge in [0, 0.05) is 19.2 Å². The standard InChI is InChI=1S/C14H23FN2O4/c1-16-10-12-9-13(15)11-17-14(12)21-8-7-20-6-5-19-4-3-18-2/h9,11,16H,3-8,10H2,1-2H3. The molecule has 7 heteroatoms. The average Bonchev–Trinajstić information content (AvgIpc) is 2.48. The first-order valence-corrected chi connectivity index (χ1v) is 6.84. The highest BCUT2D eigenvalue weighted by Crippen LogP contribution is 2.15. The van der Waals surface area contributed by atoms with Crippen molar-refractivity contribution in [1.82, 2.24) is 10.3 Å². The van der Waals surface area contributed by atoms with Gasteiger partial charge < -0.3 is 24.3 Å². The number of rotatable bonds is 12. The molecule has 1 rings (SSSR count). The Morgan fingerprint density at radius 2 is 1.76 bits per heavy atom. The van der Waals surface area contributed by atoms with Gasteiger partial charge in [-0.2, -0.15) is 0 Å². The normalized spacial score (nSPS) is 10.8. The van der Waals surface area contributed by atoms with Crippen LogP contribution in [0.3, 0.4) is 0 Å². The maximum absolute atomic E-state index is 13.1. The maximum Gasteiger partial charge on any atom is 0.218 e. The second-order valence-electron chi connectivity index (χ2n) is 4.21. The highest BCUT2D eigenvalue weighted by molar-refractivity contribution is 5.25. The molecule has 0 aliphatic heterocycles. The van der Waals surface area contributed by atoms with E-state index >= 15 is 0 Å². The van der Waals surface area contributed by atoms with E-state index in [2.05, 4.69) is 10.3 Å². The molecule has 0 aromatic carbocycles. The number of halogens is 1. The lowest BCUT2D eigenvalue weighted by Crippen LogP contribution is -2.14. The van der Waals surface area contributed by atoms with Crippen LogP contribution < -0.4 is 10.1 Å². The zero-order valence-electron chi connectivity index (χ0n) is 12.6. The van der Waals surface area contributed by atoms with Crippen LogP contribution in [-0.4, -0.2) is 58.8 Å². The lowest BCUT2D eigenvalue weighted by Gasteiger charge is -2.10. The first kappa shape index (κ1) is 17.8. The molecule has 21 heavy (non-hydrogen) atoms. The molecule has 1 N–H and O–H groups in total. The topological polar surface area (TPSA) is 61.8 Å². The molecule has 1 heterocycles. The highest BCUT2D eigenvalue weighted by Gasteiger charge is 2.06. The number of hydrogen-bond donors (Lipinski definition) is 1. The Bertz CT molecular complexity index is 393. The summed E-state index contributed by atoms with van der Waals surface area (Å²) in [4.78, 5) is 3.93. The van der Waals surface area contributed by atoms with Crippen molar-refractivity contribution in [1.29, 1.82) is 0 Å². The summed E-state index contributed by atoms with van der Waals surface area (Å²) in [6.45, 7) is 3.42. The fourth-order valence-corrected chi connectivity index (χ4v) is 1.58. The first-order chi connectivity index (χ1) is 10.3. The number of hydrogen-bond acceptors (Lipinski definition) is 6. The highest BCUT2D eigenvalue weighted by atomic mass is 19.1. The molecule has 0 bridgehead atoms. The molecule has 1 aromatic heterocycles. The minimum absolute atomic E-state index is 0.355. The molecule has 0 atom stereocenters. The minimum atomic E-state index is -0.378. The predicted octanol–water partition coefficient (Wildman–Crippen LogP) is 0.998. The molecule has 0 saturated carbocycles. The predicted molar refractivity (Wildman–Crippen MR) is 76.0 cm³/mol. The molecule has 0 spiro atoms. The average molecular weight is 302 g/mol. The van der Waals surface area contributed by atoms with Gasteiger partial charge in [-0.15, -0.1) is 0 Å². The summed E-state index contributed by atoms with van der Waals surface area (Å²) in [5, 5.41) is 2.94. The summed E-state index contributed by atoms with van der Waals surface area (Å²) < 4.78 is 34.0. The lowest BCUT2D eigenvalue weighted by atomic mass is 10.2. The summed E-state index contributed by atoms with van der Waals surface area (Å²) >= 11 is 0. The van der Waals surface area contributed by atoms with Crippen LogP contribution in [0.1, 0.15) is 5.56 Å².